The zero-order valence-electron chi connectivity index (χ0n) is 15.0. The molecule has 1 aromatic carbocycles. The summed E-state index contributed by atoms with van der Waals surface area (Å²) in [5.74, 6) is 0.413. The predicted octanol–water partition coefficient (Wildman–Crippen LogP) is 2.87. The number of aliphatic hydroxyl groups excluding tert-OH is 1. The second-order valence-corrected chi connectivity index (χ2v) is 7.61. The van der Waals surface area contributed by atoms with Gasteiger partial charge < -0.3 is 14.9 Å². The molecule has 0 aromatic heterocycles. The number of hydrogen-bond acceptors (Lipinski definition) is 5. The van der Waals surface area contributed by atoms with Gasteiger partial charge in [-0.15, -0.1) is 0 Å². The van der Waals surface area contributed by atoms with E-state index in [9.17, 15) is 10.2 Å². The van der Waals surface area contributed by atoms with Crippen LogP contribution in [0.25, 0.3) is 0 Å². The van der Waals surface area contributed by atoms with Gasteiger partial charge in [0.05, 0.1) is 12.1 Å². The summed E-state index contributed by atoms with van der Waals surface area (Å²) in [4.78, 5) is 5.04. The summed E-state index contributed by atoms with van der Waals surface area (Å²) in [5.41, 5.74) is 1.04. The standard InChI is InChI=1S/C19H29ClN2O3/c1-25-18-11-14(10-17(20)19(18)24)12-21-7-8-22(15-4-2-3-5-15)16(13-21)6-9-23/h10-11,15-16,23-24H,2-9,12-13H2,1H3/t16-/m1/s1. The minimum Gasteiger partial charge on any atom is -0.503 e. The highest BCUT2D eigenvalue weighted by Crippen LogP contribution is 2.35. The number of phenolic OH excluding ortho intramolecular Hbond substituents is 1. The molecule has 1 atom stereocenters. The minimum absolute atomic E-state index is 0.00266. The molecule has 2 N–H and O–H groups in total. The van der Waals surface area contributed by atoms with Crippen LogP contribution in [0.15, 0.2) is 12.1 Å². The topological polar surface area (TPSA) is 56.2 Å². The lowest BCUT2D eigenvalue weighted by Crippen LogP contribution is -2.56. The zero-order valence-corrected chi connectivity index (χ0v) is 15.7. The maximum absolute atomic E-state index is 9.89. The number of halogens is 1. The molecule has 1 saturated carbocycles. The maximum Gasteiger partial charge on any atom is 0.176 e. The van der Waals surface area contributed by atoms with E-state index >= 15 is 0 Å². The van der Waals surface area contributed by atoms with Gasteiger partial charge in [0, 0.05) is 44.9 Å². The van der Waals surface area contributed by atoms with E-state index in [4.69, 9.17) is 16.3 Å². The van der Waals surface area contributed by atoms with Crippen LogP contribution in [-0.4, -0.2) is 65.4 Å². The Kier molecular flexibility index (Phi) is 6.44. The highest BCUT2D eigenvalue weighted by atomic mass is 35.5. The van der Waals surface area contributed by atoms with Gasteiger partial charge in [0.2, 0.25) is 0 Å². The third kappa shape index (κ3) is 4.40. The molecule has 0 amide bonds. The van der Waals surface area contributed by atoms with Crippen LogP contribution < -0.4 is 4.74 Å². The fourth-order valence-electron chi connectivity index (χ4n) is 4.33. The van der Waals surface area contributed by atoms with Crippen LogP contribution in [0.5, 0.6) is 11.5 Å². The number of aromatic hydroxyl groups is 1. The Morgan fingerprint density at radius 2 is 2.00 bits per heavy atom. The Bertz CT molecular complexity index is 578. The quantitative estimate of drug-likeness (QED) is 0.808. The average Bonchev–Trinajstić information content (AvgIpc) is 3.13. The van der Waals surface area contributed by atoms with Crippen molar-refractivity contribution in [1.82, 2.24) is 9.80 Å². The summed E-state index contributed by atoms with van der Waals surface area (Å²) < 4.78 is 5.21. The maximum atomic E-state index is 9.89. The Balaban J connectivity index is 1.67. The third-order valence-electron chi connectivity index (χ3n) is 5.58. The summed E-state index contributed by atoms with van der Waals surface area (Å²) in [6.45, 7) is 4.03. The molecule has 1 heterocycles. The van der Waals surface area contributed by atoms with Gasteiger partial charge in [-0.3, -0.25) is 9.80 Å². The number of benzene rings is 1. The van der Waals surface area contributed by atoms with Gasteiger partial charge in [0.25, 0.3) is 0 Å². The SMILES string of the molecule is COc1cc(CN2CCN(C3CCCC3)[C@H](CCO)C2)cc(Cl)c1O. The van der Waals surface area contributed by atoms with E-state index in [1.165, 1.54) is 32.8 Å². The molecule has 140 valence electrons. The van der Waals surface area contributed by atoms with Crippen molar-refractivity contribution in [3.05, 3.63) is 22.7 Å². The first kappa shape index (κ1) is 18.8. The lowest BCUT2D eigenvalue weighted by Gasteiger charge is -2.44. The summed E-state index contributed by atoms with van der Waals surface area (Å²) in [5, 5.41) is 19.7. The molecule has 1 aliphatic carbocycles. The monoisotopic (exact) mass is 368 g/mol. The lowest BCUT2D eigenvalue weighted by molar-refractivity contribution is 0.0267. The Labute approximate surface area is 155 Å². The average molecular weight is 369 g/mol. The number of phenols is 1. The Morgan fingerprint density at radius 1 is 1.24 bits per heavy atom. The van der Waals surface area contributed by atoms with E-state index in [2.05, 4.69) is 9.80 Å². The van der Waals surface area contributed by atoms with Crippen LogP contribution in [0.1, 0.15) is 37.7 Å². The number of hydrogen-bond donors (Lipinski definition) is 2. The highest BCUT2D eigenvalue weighted by Gasteiger charge is 2.33. The van der Waals surface area contributed by atoms with Gasteiger partial charge in [-0.25, -0.2) is 0 Å². The van der Waals surface area contributed by atoms with E-state index in [0.29, 0.717) is 22.9 Å². The molecular weight excluding hydrogens is 340 g/mol. The Morgan fingerprint density at radius 3 is 2.68 bits per heavy atom. The normalized spacial score (nSPS) is 23.2. The first-order chi connectivity index (χ1) is 12.1. The first-order valence-corrected chi connectivity index (χ1v) is 9.64. The summed E-state index contributed by atoms with van der Waals surface area (Å²) in [7, 11) is 1.53. The molecule has 6 heteroatoms. The van der Waals surface area contributed by atoms with Gasteiger partial charge in [0.15, 0.2) is 11.5 Å². The Hall–Kier alpha value is -1.01. The fraction of sp³-hybridized carbons (Fsp3) is 0.684. The van der Waals surface area contributed by atoms with Crippen molar-refractivity contribution in [3.8, 4) is 11.5 Å². The van der Waals surface area contributed by atoms with Gasteiger partial charge in [-0.05, 0) is 37.0 Å². The van der Waals surface area contributed by atoms with E-state index in [0.717, 1.165) is 38.2 Å². The molecule has 2 aliphatic rings. The van der Waals surface area contributed by atoms with Crippen LogP contribution in [0.4, 0.5) is 0 Å². The van der Waals surface area contributed by atoms with E-state index < -0.39 is 0 Å². The van der Waals surface area contributed by atoms with Crippen LogP contribution in [-0.2, 0) is 6.54 Å². The second-order valence-electron chi connectivity index (χ2n) is 7.21. The molecule has 1 aromatic rings. The van der Waals surface area contributed by atoms with Gasteiger partial charge in [0.1, 0.15) is 0 Å². The molecule has 1 aliphatic heterocycles. The minimum atomic E-state index is -0.00266. The molecule has 5 nitrogen and oxygen atoms in total. The van der Waals surface area contributed by atoms with Crippen molar-refractivity contribution < 1.29 is 14.9 Å². The van der Waals surface area contributed by atoms with Crippen LogP contribution >= 0.6 is 11.6 Å². The fourth-order valence-corrected chi connectivity index (χ4v) is 4.57. The van der Waals surface area contributed by atoms with Gasteiger partial charge >= 0.3 is 0 Å². The number of rotatable bonds is 6. The van der Waals surface area contributed by atoms with E-state index in [-0.39, 0.29) is 12.4 Å². The number of ether oxygens (including phenoxy) is 1. The predicted molar refractivity (Wildman–Crippen MR) is 99.4 cm³/mol. The molecule has 1 saturated heterocycles. The molecular formula is C19H29ClN2O3. The second kappa shape index (κ2) is 8.58. The number of piperazine rings is 1. The van der Waals surface area contributed by atoms with Crippen molar-refractivity contribution in [2.24, 2.45) is 0 Å². The van der Waals surface area contributed by atoms with Gasteiger partial charge in [-0.2, -0.15) is 0 Å². The first-order valence-electron chi connectivity index (χ1n) is 9.26. The molecule has 0 radical (unpaired) electrons. The van der Waals surface area contributed by atoms with Crippen molar-refractivity contribution in [1.29, 1.82) is 0 Å². The molecule has 0 spiro atoms. The van der Waals surface area contributed by atoms with E-state index in [1.54, 1.807) is 0 Å². The third-order valence-corrected chi connectivity index (χ3v) is 5.87. The van der Waals surface area contributed by atoms with Crippen LogP contribution in [0.2, 0.25) is 5.02 Å². The molecule has 25 heavy (non-hydrogen) atoms. The van der Waals surface area contributed by atoms with Crippen LogP contribution in [0, 0.1) is 0 Å². The number of nitrogens with zero attached hydrogens (tertiary/aromatic N) is 2. The molecule has 0 bridgehead atoms. The van der Waals surface area contributed by atoms with Crippen molar-refractivity contribution in [2.45, 2.75) is 50.7 Å². The van der Waals surface area contributed by atoms with E-state index in [1.807, 2.05) is 12.1 Å². The lowest BCUT2D eigenvalue weighted by atomic mass is 10.0. The van der Waals surface area contributed by atoms with Gasteiger partial charge in [-0.1, -0.05) is 24.4 Å². The molecule has 2 fully saturated rings. The zero-order chi connectivity index (χ0) is 17.8. The summed E-state index contributed by atoms with van der Waals surface area (Å²) in [6, 6.07) is 4.77. The highest BCUT2D eigenvalue weighted by molar-refractivity contribution is 6.32. The summed E-state index contributed by atoms with van der Waals surface area (Å²) in [6.07, 6.45) is 6.09. The van der Waals surface area contributed by atoms with Crippen molar-refractivity contribution in [3.63, 3.8) is 0 Å². The molecule has 0 unspecified atom stereocenters. The number of methoxy groups -OCH3 is 1. The number of aliphatic hydroxyl groups is 1. The smallest absolute Gasteiger partial charge is 0.176 e. The summed E-state index contributed by atoms with van der Waals surface area (Å²) >= 11 is 6.11. The van der Waals surface area contributed by atoms with Crippen molar-refractivity contribution >= 4 is 11.6 Å². The molecule has 3 rings (SSSR count). The van der Waals surface area contributed by atoms with Crippen molar-refractivity contribution in [2.75, 3.05) is 33.4 Å². The van der Waals surface area contributed by atoms with Crippen LogP contribution in [0.3, 0.4) is 0 Å². The largest absolute Gasteiger partial charge is 0.503 e.